The van der Waals surface area contributed by atoms with Gasteiger partial charge in [-0.05, 0) is 31.4 Å². The van der Waals surface area contributed by atoms with E-state index in [1.807, 2.05) is 0 Å². The van der Waals surface area contributed by atoms with Crippen molar-refractivity contribution in [2.24, 2.45) is 0 Å². The first kappa shape index (κ1) is 23.6. The summed E-state index contributed by atoms with van der Waals surface area (Å²) in [4.78, 5) is 37.4. The molecule has 0 saturated heterocycles. The molecule has 1 aromatic rings. The maximum Gasteiger partial charge on any atom is 0.522 e. The van der Waals surface area contributed by atoms with Crippen LogP contribution in [0.1, 0.15) is 42.5 Å². The first-order valence-corrected chi connectivity index (χ1v) is 10.3. The summed E-state index contributed by atoms with van der Waals surface area (Å²) in [5, 5.41) is 2.81. The Bertz CT molecular complexity index is 943. The fourth-order valence-electron chi connectivity index (χ4n) is 4.91. The second-order valence-corrected chi connectivity index (χ2v) is 8.95. The SMILES string of the molecule is O=CN(CC(=O)c1ccc(F)cc1F)C12CC(NC(=O)COC3CC(OC(F)(F)F)C3)(C1)C2. The molecule has 0 radical (unpaired) electrons. The van der Waals surface area contributed by atoms with Gasteiger partial charge in [-0.25, -0.2) is 8.78 Å². The van der Waals surface area contributed by atoms with Crippen LogP contribution in [0.3, 0.4) is 0 Å². The monoisotopic (exact) mass is 476 g/mol. The number of nitrogens with zero attached hydrogens (tertiary/aromatic N) is 1. The van der Waals surface area contributed by atoms with Crippen LogP contribution in [0.5, 0.6) is 0 Å². The molecule has 1 N–H and O–H groups in total. The van der Waals surface area contributed by atoms with Gasteiger partial charge in [-0.3, -0.25) is 19.1 Å². The maximum atomic E-state index is 13.8. The molecule has 0 unspecified atom stereocenters. The molecule has 0 atom stereocenters. The molecule has 1 aromatic carbocycles. The average Bonchev–Trinajstić information content (AvgIpc) is 2.62. The zero-order valence-electron chi connectivity index (χ0n) is 17.3. The Kier molecular flexibility index (Phi) is 5.94. The van der Waals surface area contributed by atoms with Crippen molar-refractivity contribution in [1.29, 1.82) is 0 Å². The van der Waals surface area contributed by atoms with Gasteiger partial charge in [0.1, 0.15) is 18.2 Å². The van der Waals surface area contributed by atoms with Crippen LogP contribution in [-0.2, 0) is 19.1 Å². The van der Waals surface area contributed by atoms with Gasteiger partial charge in [-0.15, -0.1) is 13.2 Å². The van der Waals surface area contributed by atoms with Crippen LogP contribution in [0.4, 0.5) is 22.0 Å². The number of amides is 2. The van der Waals surface area contributed by atoms with Crippen molar-refractivity contribution in [2.75, 3.05) is 13.2 Å². The van der Waals surface area contributed by atoms with E-state index in [2.05, 4.69) is 10.1 Å². The molecule has 7 nitrogen and oxygen atoms in total. The Hall–Kier alpha value is -2.60. The Balaban J connectivity index is 1.20. The summed E-state index contributed by atoms with van der Waals surface area (Å²) in [6, 6.07) is 2.58. The van der Waals surface area contributed by atoms with Crippen molar-refractivity contribution in [3.8, 4) is 0 Å². The highest BCUT2D eigenvalue weighted by Gasteiger charge is 2.71. The number of halogens is 5. The number of hydrogen-bond acceptors (Lipinski definition) is 5. The van der Waals surface area contributed by atoms with Crippen LogP contribution in [0.15, 0.2) is 18.2 Å². The number of nitrogens with one attached hydrogen (secondary N) is 1. The number of Topliss-reactive ketones (excluding diaryl/α,β-unsaturated/α-hetero) is 1. The number of alkyl halides is 3. The number of ketones is 1. The van der Waals surface area contributed by atoms with E-state index in [-0.39, 0.29) is 31.6 Å². The summed E-state index contributed by atoms with van der Waals surface area (Å²) in [5.41, 5.74) is -1.46. The molecule has 0 aromatic heterocycles. The number of rotatable bonds is 10. The predicted molar refractivity (Wildman–Crippen MR) is 101 cm³/mol. The van der Waals surface area contributed by atoms with Crippen LogP contribution in [-0.4, -0.2) is 65.8 Å². The lowest BCUT2D eigenvalue weighted by Gasteiger charge is -2.72. The second kappa shape index (κ2) is 8.32. The van der Waals surface area contributed by atoms with E-state index in [9.17, 15) is 36.3 Å². The first-order valence-electron chi connectivity index (χ1n) is 10.3. The molecule has 4 aliphatic rings. The highest BCUT2D eigenvalue weighted by Crippen LogP contribution is 2.63. The normalized spacial score (nSPS) is 29.8. The van der Waals surface area contributed by atoms with Crippen molar-refractivity contribution < 1.29 is 45.8 Å². The number of carbonyl (C=O) groups is 3. The minimum absolute atomic E-state index is 0.0536. The lowest BCUT2D eigenvalue weighted by molar-refractivity contribution is -0.357. The smallest absolute Gasteiger partial charge is 0.368 e. The van der Waals surface area contributed by atoms with Crippen molar-refractivity contribution in [2.45, 2.75) is 61.8 Å². The topological polar surface area (TPSA) is 84.9 Å². The van der Waals surface area contributed by atoms with E-state index < -0.39 is 53.0 Å². The summed E-state index contributed by atoms with van der Waals surface area (Å²) < 4.78 is 72.3. The fourth-order valence-corrected chi connectivity index (χ4v) is 4.91. The molecule has 12 heteroatoms. The number of benzene rings is 1. The molecule has 0 aliphatic heterocycles. The standard InChI is InChI=1S/C21H21F5N2O5/c22-12-1-2-15(16(23)3-12)17(30)6-28(11-29)20-8-19(9-20,10-20)27-18(31)7-32-13-4-14(5-13)33-21(24,25)26/h1-3,11,13-14H,4-10H2,(H,27,31). The van der Waals surface area contributed by atoms with Crippen LogP contribution < -0.4 is 5.32 Å². The molecule has 4 saturated carbocycles. The van der Waals surface area contributed by atoms with E-state index in [1.54, 1.807) is 0 Å². The van der Waals surface area contributed by atoms with Gasteiger partial charge in [0.2, 0.25) is 12.3 Å². The van der Waals surface area contributed by atoms with Crippen molar-refractivity contribution in [1.82, 2.24) is 10.2 Å². The predicted octanol–water partition coefficient (Wildman–Crippen LogP) is 2.48. The van der Waals surface area contributed by atoms with Gasteiger partial charge in [0.15, 0.2) is 5.78 Å². The zero-order chi connectivity index (χ0) is 24.0. The third kappa shape index (κ3) is 4.86. The van der Waals surface area contributed by atoms with Crippen molar-refractivity contribution in [3.05, 3.63) is 35.4 Å². The van der Waals surface area contributed by atoms with E-state index in [1.165, 1.54) is 4.90 Å². The van der Waals surface area contributed by atoms with Gasteiger partial charge in [0.25, 0.3) is 0 Å². The largest absolute Gasteiger partial charge is 0.522 e. The third-order valence-electron chi connectivity index (χ3n) is 6.49. The fraction of sp³-hybridized carbons (Fsp3) is 0.571. The van der Waals surface area contributed by atoms with Crippen LogP contribution >= 0.6 is 0 Å². The molecule has 4 aliphatic carbocycles. The van der Waals surface area contributed by atoms with Crippen molar-refractivity contribution in [3.63, 3.8) is 0 Å². The number of carbonyl (C=O) groups excluding carboxylic acids is 3. The second-order valence-electron chi connectivity index (χ2n) is 8.95. The molecule has 180 valence electrons. The summed E-state index contributed by atoms with van der Waals surface area (Å²) in [5.74, 6) is -2.91. The van der Waals surface area contributed by atoms with Gasteiger partial charge < -0.3 is 15.0 Å². The Labute approximate surface area is 185 Å². The van der Waals surface area contributed by atoms with Crippen LogP contribution in [0.25, 0.3) is 0 Å². The van der Waals surface area contributed by atoms with E-state index in [4.69, 9.17) is 4.74 Å². The molecule has 2 bridgehead atoms. The Morgan fingerprint density at radius 1 is 1.15 bits per heavy atom. The van der Waals surface area contributed by atoms with Crippen LogP contribution in [0.2, 0.25) is 0 Å². The number of ether oxygens (including phenoxy) is 2. The molecule has 0 heterocycles. The lowest BCUT2D eigenvalue weighted by atomic mass is 9.43. The molecular weight excluding hydrogens is 455 g/mol. The zero-order valence-corrected chi connectivity index (χ0v) is 17.3. The molecule has 33 heavy (non-hydrogen) atoms. The highest BCUT2D eigenvalue weighted by molar-refractivity contribution is 5.98. The van der Waals surface area contributed by atoms with Gasteiger partial charge in [0.05, 0.1) is 24.3 Å². The van der Waals surface area contributed by atoms with E-state index in [0.29, 0.717) is 31.7 Å². The molecule has 2 amide bonds. The first-order chi connectivity index (χ1) is 15.4. The molecule has 0 spiro atoms. The van der Waals surface area contributed by atoms with E-state index in [0.717, 1.165) is 12.1 Å². The summed E-state index contributed by atoms with van der Waals surface area (Å²) in [6.45, 7) is -0.681. The molecule has 5 rings (SSSR count). The minimum Gasteiger partial charge on any atom is -0.368 e. The minimum atomic E-state index is -4.69. The van der Waals surface area contributed by atoms with Gasteiger partial charge in [-0.2, -0.15) is 0 Å². The lowest BCUT2D eigenvalue weighted by Crippen LogP contribution is -2.84. The van der Waals surface area contributed by atoms with Crippen molar-refractivity contribution >= 4 is 18.1 Å². The molecular formula is C21H21F5N2O5. The summed E-state index contributed by atoms with van der Waals surface area (Å²) in [7, 11) is 0. The Morgan fingerprint density at radius 2 is 1.82 bits per heavy atom. The number of hydrogen-bond donors (Lipinski definition) is 1. The maximum absolute atomic E-state index is 13.8. The summed E-state index contributed by atoms with van der Waals surface area (Å²) >= 11 is 0. The quantitative estimate of drug-likeness (QED) is 0.319. The van der Waals surface area contributed by atoms with Crippen LogP contribution in [0, 0.1) is 11.6 Å². The van der Waals surface area contributed by atoms with Gasteiger partial charge >= 0.3 is 6.36 Å². The average molecular weight is 476 g/mol. The summed E-state index contributed by atoms with van der Waals surface area (Å²) in [6.07, 6.45) is -4.29. The molecule has 4 fully saturated rings. The third-order valence-corrected chi connectivity index (χ3v) is 6.49. The van der Waals surface area contributed by atoms with Gasteiger partial charge in [0, 0.05) is 30.0 Å². The van der Waals surface area contributed by atoms with Gasteiger partial charge in [-0.1, -0.05) is 0 Å². The van der Waals surface area contributed by atoms with E-state index >= 15 is 0 Å². The highest BCUT2D eigenvalue weighted by atomic mass is 19.4. The Morgan fingerprint density at radius 3 is 2.39 bits per heavy atom.